The van der Waals surface area contributed by atoms with Crippen molar-refractivity contribution in [3.63, 3.8) is 0 Å². The van der Waals surface area contributed by atoms with Crippen molar-refractivity contribution in [2.24, 2.45) is 0 Å². The van der Waals surface area contributed by atoms with Crippen LogP contribution in [0.15, 0.2) is 30.3 Å². The smallest absolute Gasteiger partial charge is 0.315 e. The lowest BCUT2D eigenvalue weighted by molar-refractivity contribution is -0.128. The second-order valence-corrected chi connectivity index (χ2v) is 7.88. The zero-order chi connectivity index (χ0) is 18.5. The molecular weight excluding hydrogens is 326 g/mol. The Morgan fingerprint density at radius 1 is 0.923 bits per heavy atom. The average molecular weight is 357 g/mol. The molecule has 26 heavy (non-hydrogen) atoms. The number of carbonyl (C=O) groups is 2. The van der Waals surface area contributed by atoms with E-state index in [1.807, 2.05) is 6.07 Å². The van der Waals surface area contributed by atoms with Crippen molar-refractivity contribution >= 4 is 11.9 Å². The Morgan fingerprint density at radius 2 is 1.54 bits per heavy atom. The minimum atomic E-state index is -0.757. The monoisotopic (exact) mass is 357 g/mol. The number of hydrogen-bond acceptors (Lipinski definition) is 2. The van der Waals surface area contributed by atoms with Crippen LogP contribution in [0.5, 0.6) is 0 Å². The van der Waals surface area contributed by atoms with E-state index >= 15 is 0 Å². The predicted octanol–water partition coefficient (Wildman–Crippen LogP) is 3.25. The highest BCUT2D eigenvalue weighted by Gasteiger charge is 2.41. The van der Waals surface area contributed by atoms with Gasteiger partial charge in [-0.3, -0.25) is 4.79 Å². The SMILES string of the molecule is CNC(=O)C1(NC(=O)NCC2(c3ccccc3)CCCC2)CCCCC1. The molecule has 0 saturated heterocycles. The standard InChI is InChI=1S/C21H31N3O2/c1-22-18(25)21(14-6-3-7-15-21)24-19(26)23-16-20(12-8-9-13-20)17-10-4-2-5-11-17/h2,4-5,10-11H,3,6-9,12-16H2,1H3,(H,22,25)(H2,23,24,26). The summed E-state index contributed by atoms with van der Waals surface area (Å²) < 4.78 is 0. The van der Waals surface area contributed by atoms with E-state index in [2.05, 4.69) is 40.2 Å². The zero-order valence-corrected chi connectivity index (χ0v) is 15.8. The summed E-state index contributed by atoms with van der Waals surface area (Å²) in [7, 11) is 1.64. The van der Waals surface area contributed by atoms with Crippen molar-refractivity contribution in [2.75, 3.05) is 13.6 Å². The van der Waals surface area contributed by atoms with Crippen molar-refractivity contribution in [1.82, 2.24) is 16.0 Å². The summed E-state index contributed by atoms with van der Waals surface area (Å²) in [4.78, 5) is 25.1. The Kier molecular flexibility index (Phi) is 5.84. The predicted molar refractivity (Wildman–Crippen MR) is 103 cm³/mol. The number of nitrogens with one attached hydrogen (secondary N) is 3. The number of likely N-dealkylation sites (N-methyl/N-ethyl adjacent to an activating group) is 1. The topological polar surface area (TPSA) is 70.2 Å². The summed E-state index contributed by atoms with van der Waals surface area (Å²) in [6, 6.07) is 10.3. The number of amides is 3. The first-order chi connectivity index (χ1) is 12.6. The summed E-state index contributed by atoms with van der Waals surface area (Å²) >= 11 is 0. The van der Waals surface area contributed by atoms with Crippen LogP contribution in [0.3, 0.4) is 0 Å². The van der Waals surface area contributed by atoms with Gasteiger partial charge in [-0.15, -0.1) is 0 Å². The van der Waals surface area contributed by atoms with E-state index in [4.69, 9.17) is 0 Å². The molecule has 0 unspecified atom stereocenters. The molecular formula is C21H31N3O2. The largest absolute Gasteiger partial charge is 0.357 e. The first-order valence-electron chi connectivity index (χ1n) is 9.94. The van der Waals surface area contributed by atoms with E-state index in [0.717, 1.165) is 32.1 Å². The maximum atomic E-state index is 12.7. The molecule has 2 aliphatic carbocycles. The lowest BCUT2D eigenvalue weighted by Crippen LogP contribution is -2.61. The molecule has 2 saturated carbocycles. The van der Waals surface area contributed by atoms with Gasteiger partial charge in [0.05, 0.1) is 0 Å². The molecule has 3 rings (SSSR count). The first kappa shape index (κ1) is 18.7. The zero-order valence-electron chi connectivity index (χ0n) is 15.8. The molecule has 1 aromatic rings. The van der Waals surface area contributed by atoms with Crippen LogP contribution in [0, 0.1) is 0 Å². The molecule has 142 valence electrons. The molecule has 0 atom stereocenters. The van der Waals surface area contributed by atoms with Gasteiger partial charge in [0.2, 0.25) is 5.91 Å². The van der Waals surface area contributed by atoms with Crippen LogP contribution in [0.2, 0.25) is 0 Å². The van der Waals surface area contributed by atoms with Gasteiger partial charge in [-0.2, -0.15) is 0 Å². The van der Waals surface area contributed by atoms with E-state index in [1.165, 1.54) is 18.4 Å². The fourth-order valence-electron chi connectivity index (χ4n) is 4.73. The van der Waals surface area contributed by atoms with E-state index in [-0.39, 0.29) is 17.4 Å². The van der Waals surface area contributed by atoms with E-state index in [9.17, 15) is 9.59 Å². The van der Waals surface area contributed by atoms with Crippen LogP contribution in [0.4, 0.5) is 4.79 Å². The number of carbonyl (C=O) groups excluding carboxylic acids is 2. The van der Waals surface area contributed by atoms with E-state index < -0.39 is 5.54 Å². The fourth-order valence-corrected chi connectivity index (χ4v) is 4.73. The molecule has 2 fully saturated rings. The molecule has 3 amide bonds. The van der Waals surface area contributed by atoms with Gasteiger partial charge in [0.1, 0.15) is 5.54 Å². The first-order valence-corrected chi connectivity index (χ1v) is 9.94. The third-order valence-corrected chi connectivity index (χ3v) is 6.26. The maximum absolute atomic E-state index is 12.7. The van der Waals surface area contributed by atoms with Gasteiger partial charge in [-0.1, -0.05) is 62.4 Å². The fraction of sp³-hybridized carbons (Fsp3) is 0.619. The maximum Gasteiger partial charge on any atom is 0.315 e. The third kappa shape index (κ3) is 3.87. The molecule has 0 heterocycles. The second-order valence-electron chi connectivity index (χ2n) is 7.88. The van der Waals surface area contributed by atoms with E-state index in [1.54, 1.807) is 7.05 Å². The van der Waals surface area contributed by atoms with Crippen LogP contribution < -0.4 is 16.0 Å². The van der Waals surface area contributed by atoms with Crippen molar-refractivity contribution in [1.29, 1.82) is 0 Å². The Balaban J connectivity index is 1.66. The van der Waals surface area contributed by atoms with Crippen LogP contribution in [0.25, 0.3) is 0 Å². The van der Waals surface area contributed by atoms with Crippen LogP contribution >= 0.6 is 0 Å². The molecule has 2 aliphatic rings. The molecule has 3 N–H and O–H groups in total. The number of rotatable bonds is 5. The lowest BCUT2D eigenvalue weighted by Gasteiger charge is -2.37. The molecule has 0 radical (unpaired) electrons. The minimum Gasteiger partial charge on any atom is -0.357 e. The lowest BCUT2D eigenvalue weighted by atomic mass is 9.78. The van der Waals surface area contributed by atoms with Gasteiger partial charge < -0.3 is 16.0 Å². The Bertz CT molecular complexity index is 617. The highest BCUT2D eigenvalue weighted by Crippen LogP contribution is 2.40. The summed E-state index contributed by atoms with van der Waals surface area (Å²) in [5, 5.41) is 8.83. The second kappa shape index (κ2) is 8.11. The van der Waals surface area contributed by atoms with Crippen molar-refractivity contribution in [3.8, 4) is 0 Å². The summed E-state index contributed by atoms with van der Waals surface area (Å²) in [6.45, 7) is 0.618. The van der Waals surface area contributed by atoms with Gasteiger partial charge in [-0.25, -0.2) is 4.79 Å². The molecule has 1 aromatic carbocycles. The quantitative estimate of drug-likeness (QED) is 0.757. The average Bonchev–Trinajstić information content (AvgIpc) is 3.17. The summed E-state index contributed by atoms with van der Waals surface area (Å²) in [5.41, 5.74) is 0.564. The molecule has 5 heteroatoms. The van der Waals surface area contributed by atoms with Gasteiger partial charge in [0.25, 0.3) is 0 Å². The van der Waals surface area contributed by atoms with Gasteiger partial charge in [-0.05, 0) is 31.2 Å². The Morgan fingerprint density at radius 3 is 2.15 bits per heavy atom. The van der Waals surface area contributed by atoms with Crippen LogP contribution in [0.1, 0.15) is 63.4 Å². The number of benzene rings is 1. The van der Waals surface area contributed by atoms with Gasteiger partial charge in [0.15, 0.2) is 0 Å². The van der Waals surface area contributed by atoms with Crippen molar-refractivity contribution < 1.29 is 9.59 Å². The minimum absolute atomic E-state index is 0.0192. The highest BCUT2D eigenvalue weighted by molar-refractivity contribution is 5.91. The van der Waals surface area contributed by atoms with Gasteiger partial charge in [0, 0.05) is 19.0 Å². The van der Waals surface area contributed by atoms with Crippen LogP contribution in [-0.4, -0.2) is 31.1 Å². The molecule has 0 bridgehead atoms. The number of hydrogen-bond donors (Lipinski definition) is 3. The molecule has 0 aromatic heterocycles. The van der Waals surface area contributed by atoms with Crippen LogP contribution in [-0.2, 0) is 10.2 Å². The third-order valence-electron chi connectivity index (χ3n) is 6.26. The normalized spacial score (nSPS) is 21.0. The Labute approximate surface area is 156 Å². The van der Waals surface area contributed by atoms with Gasteiger partial charge >= 0.3 is 6.03 Å². The molecule has 5 nitrogen and oxygen atoms in total. The summed E-state index contributed by atoms with van der Waals surface area (Å²) in [6.07, 6.45) is 9.08. The van der Waals surface area contributed by atoms with Crippen molar-refractivity contribution in [3.05, 3.63) is 35.9 Å². The summed E-state index contributed by atoms with van der Waals surface area (Å²) in [5.74, 6) is -0.0778. The molecule has 0 spiro atoms. The van der Waals surface area contributed by atoms with Crippen molar-refractivity contribution in [2.45, 2.75) is 68.7 Å². The highest BCUT2D eigenvalue weighted by atomic mass is 16.2. The Hall–Kier alpha value is -2.04. The number of urea groups is 1. The van der Waals surface area contributed by atoms with E-state index in [0.29, 0.717) is 19.4 Å². The molecule has 0 aliphatic heterocycles.